The highest BCUT2D eigenvalue weighted by atomic mass is 35.5. The predicted molar refractivity (Wildman–Crippen MR) is 77.6 cm³/mol. The van der Waals surface area contributed by atoms with Crippen LogP contribution in [0, 0.1) is 15.9 Å². The summed E-state index contributed by atoms with van der Waals surface area (Å²) in [6.07, 6.45) is -0.0778. The van der Waals surface area contributed by atoms with E-state index in [1.54, 1.807) is 12.1 Å². The van der Waals surface area contributed by atoms with Crippen LogP contribution in [0.3, 0.4) is 0 Å². The second kappa shape index (κ2) is 6.20. The molecule has 0 aliphatic rings. The van der Waals surface area contributed by atoms with E-state index in [0.29, 0.717) is 15.6 Å². The Morgan fingerprint density at radius 1 is 1.14 bits per heavy atom. The van der Waals surface area contributed by atoms with Crippen LogP contribution in [0.1, 0.15) is 15.9 Å². The third-order valence-electron chi connectivity index (χ3n) is 2.81. The molecular formula is C14H8Cl2FNO3. The van der Waals surface area contributed by atoms with Crippen molar-refractivity contribution < 1.29 is 14.1 Å². The molecule has 0 N–H and O–H groups in total. The fourth-order valence-electron chi connectivity index (χ4n) is 1.77. The summed E-state index contributed by atoms with van der Waals surface area (Å²) in [7, 11) is 0. The van der Waals surface area contributed by atoms with Crippen LogP contribution in [0.2, 0.25) is 10.0 Å². The molecule has 2 aromatic carbocycles. The van der Waals surface area contributed by atoms with Crippen LogP contribution in [0.15, 0.2) is 36.4 Å². The lowest BCUT2D eigenvalue weighted by atomic mass is 10.0. The largest absolute Gasteiger partial charge is 0.294 e. The maximum atomic E-state index is 13.7. The molecular weight excluding hydrogens is 320 g/mol. The van der Waals surface area contributed by atoms with Gasteiger partial charge in [0.1, 0.15) is 5.82 Å². The summed E-state index contributed by atoms with van der Waals surface area (Å²) in [6.45, 7) is 0. The van der Waals surface area contributed by atoms with Crippen LogP contribution < -0.4 is 0 Å². The molecule has 0 saturated heterocycles. The van der Waals surface area contributed by atoms with Gasteiger partial charge in [0.2, 0.25) is 0 Å². The quantitative estimate of drug-likeness (QED) is 0.473. The molecule has 21 heavy (non-hydrogen) atoms. The number of ketones is 1. The molecule has 0 bridgehead atoms. The zero-order valence-electron chi connectivity index (χ0n) is 10.5. The lowest BCUT2D eigenvalue weighted by Crippen LogP contribution is -2.06. The van der Waals surface area contributed by atoms with Gasteiger partial charge in [-0.3, -0.25) is 14.9 Å². The van der Waals surface area contributed by atoms with E-state index in [-0.39, 0.29) is 12.0 Å². The van der Waals surface area contributed by atoms with Gasteiger partial charge < -0.3 is 0 Å². The van der Waals surface area contributed by atoms with E-state index in [1.807, 2.05) is 0 Å². The average Bonchev–Trinajstić information content (AvgIpc) is 2.42. The van der Waals surface area contributed by atoms with Gasteiger partial charge in [-0.2, -0.15) is 0 Å². The van der Waals surface area contributed by atoms with Gasteiger partial charge in [0.25, 0.3) is 5.69 Å². The standard InChI is InChI=1S/C14H8Cl2FNO3/c15-11-4-1-8(5-12(11)16)6-14(19)10-3-2-9(18(20)21)7-13(10)17/h1-5,7H,6H2. The maximum Gasteiger partial charge on any atom is 0.272 e. The molecule has 0 saturated carbocycles. The molecule has 0 fully saturated rings. The molecule has 4 nitrogen and oxygen atoms in total. The average molecular weight is 328 g/mol. The fraction of sp³-hybridized carbons (Fsp3) is 0.0714. The molecule has 7 heteroatoms. The summed E-state index contributed by atoms with van der Waals surface area (Å²) >= 11 is 11.6. The number of carbonyl (C=O) groups excluding carboxylic acids is 1. The molecule has 0 aromatic heterocycles. The number of hydrogen-bond acceptors (Lipinski definition) is 3. The Labute approximate surface area is 129 Å². The van der Waals surface area contributed by atoms with E-state index in [1.165, 1.54) is 6.07 Å². The topological polar surface area (TPSA) is 60.2 Å². The smallest absolute Gasteiger partial charge is 0.272 e. The third-order valence-corrected chi connectivity index (χ3v) is 3.55. The predicted octanol–water partition coefficient (Wildman–Crippen LogP) is 4.47. The maximum absolute atomic E-state index is 13.7. The highest BCUT2D eigenvalue weighted by Gasteiger charge is 2.16. The minimum Gasteiger partial charge on any atom is -0.294 e. The number of benzene rings is 2. The number of non-ortho nitro benzene ring substituents is 1. The molecule has 0 heterocycles. The summed E-state index contributed by atoms with van der Waals surface area (Å²) in [4.78, 5) is 21.8. The highest BCUT2D eigenvalue weighted by molar-refractivity contribution is 6.42. The van der Waals surface area contributed by atoms with Crippen molar-refractivity contribution in [2.24, 2.45) is 0 Å². The summed E-state index contributed by atoms with van der Waals surface area (Å²) in [5, 5.41) is 11.2. The molecule has 0 aliphatic heterocycles. The number of nitro groups is 1. The first-order valence-corrected chi connectivity index (χ1v) is 6.55. The zero-order chi connectivity index (χ0) is 15.6. The van der Waals surface area contributed by atoms with Crippen LogP contribution in [-0.4, -0.2) is 10.7 Å². The van der Waals surface area contributed by atoms with E-state index in [9.17, 15) is 19.3 Å². The van der Waals surface area contributed by atoms with Gasteiger partial charge in [-0.25, -0.2) is 4.39 Å². The van der Waals surface area contributed by atoms with Gasteiger partial charge in [0.05, 0.1) is 26.6 Å². The summed E-state index contributed by atoms with van der Waals surface area (Å²) in [5.74, 6) is -1.42. The van der Waals surface area contributed by atoms with Crippen molar-refractivity contribution in [3.05, 3.63) is 73.5 Å². The molecule has 0 spiro atoms. The monoisotopic (exact) mass is 327 g/mol. The van der Waals surface area contributed by atoms with Crippen molar-refractivity contribution in [3.63, 3.8) is 0 Å². The fourth-order valence-corrected chi connectivity index (χ4v) is 2.09. The molecule has 2 aromatic rings. The molecule has 0 amide bonds. The van der Waals surface area contributed by atoms with E-state index >= 15 is 0 Å². The Bertz CT molecular complexity index is 734. The number of nitro benzene ring substituents is 1. The van der Waals surface area contributed by atoms with Crippen molar-refractivity contribution in [1.29, 1.82) is 0 Å². The van der Waals surface area contributed by atoms with Gasteiger partial charge >= 0.3 is 0 Å². The number of carbonyl (C=O) groups is 1. The van der Waals surface area contributed by atoms with Crippen LogP contribution in [0.5, 0.6) is 0 Å². The molecule has 2 rings (SSSR count). The van der Waals surface area contributed by atoms with E-state index in [0.717, 1.165) is 18.2 Å². The van der Waals surface area contributed by atoms with Crippen molar-refractivity contribution in [2.75, 3.05) is 0 Å². The normalized spacial score (nSPS) is 10.4. The summed E-state index contributed by atoms with van der Waals surface area (Å²) < 4.78 is 13.7. The number of hydrogen-bond donors (Lipinski definition) is 0. The van der Waals surface area contributed by atoms with Crippen molar-refractivity contribution in [2.45, 2.75) is 6.42 Å². The van der Waals surface area contributed by atoms with E-state index in [2.05, 4.69) is 0 Å². The molecule has 0 unspecified atom stereocenters. The van der Waals surface area contributed by atoms with Gasteiger partial charge in [-0.05, 0) is 23.8 Å². The Morgan fingerprint density at radius 3 is 2.43 bits per heavy atom. The van der Waals surface area contributed by atoms with E-state index < -0.39 is 22.2 Å². The summed E-state index contributed by atoms with van der Waals surface area (Å²) in [6, 6.07) is 7.58. The first-order valence-electron chi connectivity index (χ1n) is 5.79. The summed E-state index contributed by atoms with van der Waals surface area (Å²) in [5.41, 5.74) is -0.0302. The Hall–Kier alpha value is -1.98. The molecule has 0 radical (unpaired) electrons. The first kappa shape index (κ1) is 15.4. The number of halogens is 3. The van der Waals surface area contributed by atoms with Crippen LogP contribution in [-0.2, 0) is 6.42 Å². The van der Waals surface area contributed by atoms with Gasteiger partial charge in [0.15, 0.2) is 5.78 Å². The van der Waals surface area contributed by atoms with Crippen LogP contribution >= 0.6 is 23.2 Å². The lowest BCUT2D eigenvalue weighted by molar-refractivity contribution is -0.385. The Balaban J connectivity index is 2.24. The SMILES string of the molecule is O=C(Cc1ccc(Cl)c(Cl)c1)c1ccc([N+](=O)[O-])cc1F. The molecule has 108 valence electrons. The molecule has 0 atom stereocenters. The number of rotatable bonds is 4. The van der Waals surface area contributed by atoms with Crippen molar-refractivity contribution >= 4 is 34.7 Å². The van der Waals surface area contributed by atoms with Crippen molar-refractivity contribution in [1.82, 2.24) is 0 Å². The van der Waals surface area contributed by atoms with Crippen LogP contribution in [0.4, 0.5) is 10.1 Å². The Morgan fingerprint density at radius 2 is 1.86 bits per heavy atom. The number of Topliss-reactive ketones (excluding diaryl/α,β-unsaturated/α-hetero) is 1. The second-order valence-electron chi connectivity index (χ2n) is 4.27. The second-order valence-corrected chi connectivity index (χ2v) is 5.08. The minimum atomic E-state index is -0.922. The van der Waals surface area contributed by atoms with E-state index in [4.69, 9.17) is 23.2 Å². The Kier molecular flexibility index (Phi) is 4.55. The van der Waals surface area contributed by atoms with Gasteiger partial charge in [-0.15, -0.1) is 0 Å². The highest BCUT2D eigenvalue weighted by Crippen LogP contribution is 2.24. The van der Waals surface area contributed by atoms with Gasteiger partial charge in [0, 0.05) is 12.5 Å². The first-order chi connectivity index (χ1) is 9.88. The van der Waals surface area contributed by atoms with Gasteiger partial charge in [-0.1, -0.05) is 29.3 Å². The number of nitrogens with zero attached hydrogens (tertiary/aromatic N) is 1. The zero-order valence-corrected chi connectivity index (χ0v) is 12.0. The lowest BCUT2D eigenvalue weighted by Gasteiger charge is -2.04. The minimum absolute atomic E-state index is 0.0778. The molecule has 0 aliphatic carbocycles. The third kappa shape index (κ3) is 3.56. The van der Waals surface area contributed by atoms with Crippen LogP contribution in [0.25, 0.3) is 0 Å². The van der Waals surface area contributed by atoms with Crippen molar-refractivity contribution in [3.8, 4) is 0 Å².